The maximum absolute atomic E-state index is 11.0. The van der Waals surface area contributed by atoms with E-state index in [-0.39, 0.29) is 12.0 Å². The first-order chi connectivity index (χ1) is 10.7. The Hall–Kier alpha value is -1.69. The number of rotatable bonds is 4. The van der Waals surface area contributed by atoms with Crippen LogP contribution in [0.1, 0.15) is 23.4 Å². The molecule has 0 aliphatic carbocycles. The quantitative estimate of drug-likeness (QED) is 0.695. The van der Waals surface area contributed by atoms with Crippen LogP contribution in [0.4, 0.5) is 0 Å². The Morgan fingerprint density at radius 3 is 2.55 bits per heavy atom. The van der Waals surface area contributed by atoms with Crippen LogP contribution in [0.2, 0.25) is 0 Å². The number of hydrogen-bond donors (Lipinski definition) is 1. The minimum absolute atomic E-state index is 0.272. The summed E-state index contributed by atoms with van der Waals surface area (Å²) in [5.41, 5.74) is 1.24. The SMILES string of the molecule is CC(=O)Oc1ccc([C@@H](c2cccs2)N2CCNCC2)cc1. The molecule has 1 aromatic carbocycles. The Morgan fingerprint density at radius 2 is 1.95 bits per heavy atom. The van der Waals surface area contributed by atoms with E-state index in [0.29, 0.717) is 5.75 Å². The van der Waals surface area contributed by atoms with E-state index in [4.69, 9.17) is 4.74 Å². The maximum Gasteiger partial charge on any atom is 0.308 e. The molecule has 3 rings (SSSR count). The van der Waals surface area contributed by atoms with Gasteiger partial charge in [0.05, 0.1) is 6.04 Å². The van der Waals surface area contributed by atoms with Crippen LogP contribution in [-0.2, 0) is 4.79 Å². The molecule has 1 aromatic heterocycles. The lowest BCUT2D eigenvalue weighted by Crippen LogP contribution is -2.45. The van der Waals surface area contributed by atoms with Gasteiger partial charge in [0.2, 0.25) is 0 Å². The van der Waals surface area contributed by atoms with Crippen molar-refractivity contribution < 1.29 is 9.53 Å². The number of ether oxygens (including phenoxy) is 1. The standard InChI is InChI=1S/C17H20N2O2S/c1-13(20)21-15-6-4-14(5-7-15)17(16-3-2-12-22-16)19-10-8-18-9-11-19/h2-7,12,17-18H,8-11H2,1H3/t17-/m0/s1. The number of esters is 1. The zero-order valence-electron chi connectivity index (χ0n) is 12.6. The molecular formula is C17H20N2O2S. The van der Waals surface area contributed by atoms with Gasteiger partial charge in [-0.15, -0.1) is 11.3 Å². The van der Waals surface area contributed by atoms with Gasteiger partial charge >= 0.3 is 5.97 Å². The van der Waals surface area contributed by atoms with Crippen LogP contribution in [0.5, 0.6) is 5.75 Å². The lowest BCUT2D eigenvalue weighted by Gasteiger charge is -2.34. The molecule has 22 heavy (non-hydrogen) atoms. The van der Waals surface area contributed by atoms with Crippen LogP contribution in [0.15, 0.2) is 41.8 Å². The van der Waals surface area contributed by atoms with E-state index >= 15 is 0 Å². The number of benzene rings is 1. The van der Waals surface area contributed by atoms with E-state index in [0.717, 1.165) is 26.2 Å². The molecule has 1 aliphatic heterocycles. The van der Waals surface area contributed by atoms with Gasteiger partial charge < -0.3 is 10.1 Å². The Kier molecular flexibility index (Phi) is 4.87. The number of carbonyl (C=O) groups is 1. The molecule has 0 unspecified atom stereocenters. The maximum atomic E-state index is 11.0. The van der Waals surface area contributed by atoms with Gasteiger partial charge in [0.25, 0.3) is 0 Å². The summed E-state index contributed by atoms with van der Waals surface area (Å²) in [6, 6.07) is 12.4. The van der Waals surface area contributed by atoms with Crippen molar-refractivity contribution in [3.05, 3.63) is 52.2 Å². The van der Waals surface area contributed by atoms with Crippen LogP contribution in [0.3, 0.4) is 0 Å². The highest BCUT2D eigenvalue weighted by Crippen LogP contribution is 2.32. The van der Waals surface area contributed by atoms with Gasteiger partial charge in [-0.05, 0) is 29.1 Å². The largest absolute Gasteiger partial charge is 0.427 e. The second-order valence-electron chi connectivity index (χ2n) is 5.37. The first-order valence-corrected chi connectivity index (χ1v) is 8.38. The predicted molar refractivity (Wildman–Crippen MR) is 88.4 cm³/mol. The van der Waals surface area contributed by atoms with E-state index in [1.165, 1.54) is 17.4 Å². The normalized spacial score (nSPS) is 17.1. The molecule has 1 N–H and O–H groups in total. The predicted octanol–water partition coefficient (Wildman–Crippen LogP) is 2.67. The first kappa shape index (κ1) is 15.2. The van der Waals surface area contributed by atoms with Gasteiger partial charge in [0, 0.05) is 38.0 Å². The third kappa shape index (κ3) is 3.55. The topological polar surface area (TPSA) is 41.6 Å². The molecule has 4 nitrogen and oxygen atoms in total. The van der Waals surface area contributed by atoms with Gasteiger partial charge in [-0.1, -0.05) is 18.2 Å². The van der Waals surface area contributed by atoms with Crippen LogP contribution in [-0.4, -0.2) is 37.0 Å². The zero-order valence-corrected chi connectivity index (χ0v) is 13.4. The van der Waals surface area contributed by atoms with E-state index in [1.807, 2.05) is 12.1 Å². The van der Waals surface area contributed by atoms with Crippen molar-refractivity contribution >= 4 is 17.3 Å². The molecule has 1 aliphatic rings. The summed E-state index contributed by atoms with van der Waals surface area (Å²) in [4.78, 5) is 14.9. The van der Waals surface area contributed by atoms with Crippen LogP contribution in [0.25, 0.3) is 0 Å². The van der Waals surface area contributed by atoms with Crippen molar-refractivity contribution in [1.82, 2.24) is 10.2 Å². The van der Waals surface area contributed by atoms with Gasteiger partial charge in [0.1, 0.15) is 5.75 Å². The van der Waals surface area contributed by atoms with Crippen molar-refractivity contribution in [2.45, 2.75) is 13.0 Å². The van der Waals surface area contributed by atoms with Crippen molar-refractivity contribution in [1.29, 1.82) is 0 Å². The lowest BCUT2D eigenvalue weighted by molar-refractivity contribution is -0.131. The Morgan fingerprint density at radius 1 is 1.23 bits per heavy atom. The number of nitrogens with one attached hydrogen (secondary N) is 1. The fourth-order valence-electron chi connectivity index (χ4n) is 2.83. The number of hydrogen-bond acceptors (Lipinski definition) is 5. The molecule has 0 saturated carbocycles. The summed E-state index contributed by atoms with van der Waals surface area (Å²) in [6.45, 7) is 5.53. The summed E-state index contributed by atoms with van der Waals surface area (Å²) in [5, 5.41) is 5.52. The molecular weight excluding hydrogens is 296 g/mol. The molecule has 5 heteroatoms. The van der Waals surface area contributed by atoms with Crippen LogP contribution in [0, 0.1) is 0 Å². The number of carbonyl (C=O) groups excluding carboxylic acids is 1. The number of piperazine rings is 1. The Labute approximate surface area is 134 Å². The number of nitrogens with zero attached hydrogens (tertiary/aromatic N) is 1. The van der Waals surface area contributed by atoms with E-state index < -0.39 is 0 Å². The Bertz CT molecular complexity index is 604. The monoisotopic (exact) mass is 316 g/mol. The molecule has 0 amide bonds. The van der Waals surface area contributed by atoms with Crippen LogP contribution >= 0.6 is 11.3 Å². The molecule has 1 atom stereocenters. The third-order valence-electron chi connectivity index (χ3n) is 3.79. The summed E-state index contributed by atoms with van der Waals surface area (Å²) < 4.78 is 5.13. The summed E-state index contributed by atoms with van der Waals surface area (Å²) in [5.74, 6) is 0.311. The fourth-order valence-corrected chi connectivity index (χ4v) is 3.71. The smallest absolute Gasteiger partial charge is 0.308 e. The summed E-state index contributed by atoms with van der Waals surface area (Å²) in [7, 11) is 0. The molecule has 116 valence electrons. The second-order valence-corrected chi connectivity index (χ2v) is 6.35. The average molecular weight is 316 g/mol. The summed E-state index contributed by atoms with van der Waals surface area (Å²) >= 11 is 1.79. The van der Waals surface area contributed by atoms with E-state index in [9.17, 15) is 4.79 Å². The highest BCUT2D eigenvalue weighted by atomic mass is 32.1. The third-order valence-corrected chi connectivity index (χ3v) is 4.71. The van der Waals surface area contributed by atoms with Gasteiger partial charge in [-0.3, -0.25) is 9.69 Å². The number of thiophene rings is 1. The molecule has 2 heterocycles. The highest BCUT2D eigenvalue weighted by molar-refractivity contribution is 7.10. The van der Waals surface area contributed by atoms with Gasteiger partial charge in [-0.25, -0.2) is 0 Å². The molecule has 2 aromatic rings. The van der Waals surface area contributed by atoms with Crippen molar-refractivity contribution in [3.63, 3.8) is 0 Å². The zero-order chi connectivity index (χ0) is 15.4. The van der Waals surface area contributed by atoms with Gasteiger partial charge in [0.15, 0.2) is 0 Å². The second kappa shape index (κ2) is 7.05. The van der Waals surface area contributed by atoms with Gasteiger partial charge in [-0.2, -0.15) is 0 Å². The van der Waals surface area contributed by atoms with Crippen molar-refractivity contribution in [3.8, 4) is 5.75 Å². The molecule has 1 saturated heterocycles. The Balaban J connectivity index is 1.86. The fraction of sp³-hybridized carbons (Fsp3) is 0.353. The molecule has 0 bridgehead atoms. The minimum Gasteiger partial charge on any atom is -0.427 e. The van der Waals surface area contributed by atoms with E-state index in [2.05, 4.69) is 39.9 Å². The minimum atomic E-state index is -0.287. The molecule has 0 radical (unpaired) electrons. The van der Waals surface area contributed by atoms with Crippen LogP contribution < -0.4 is 10.1 Å². The lowest BCUT2D eigenvalue weighted by atomic mass is 10.0. The van der Waals surface area contributed by atoms with Crippen molar-refractivity contribution in [2.75, 3.05) is 26.2 Å². The average Bonchev–Trinajstić information content (AvgIpc) is 3.04. The summed E-state index contributed by atoms with van der Waals surface area (Å²) in [6.07, 6.45) is 0. The molecule has 1 fully saturated rings. The van der Waals surface area contributed by atoms with E-state index in [1.54, 1.807) is 11.3 Å². The first-order valence-electron chi connectivity index (χ1n) is 7.50. The van der Waals surface area contributed by atoms with Crippen molar-refractivity contribution in [2.24, 2.45) is 0 Å². The molecule has 0 spiro atoms. The highest BCUT2D eigenvalue weighted by Gasteiger charge is 2.24.